The number of hydrogen-bond donors (Lipinski definition) is 1. The lowest BCUT2D eigenvalue weighted by Gasteiger charge is -2.20. The van der Waals surface area contributed by atoms with Crippen LogP contribution in [-0.2, 0) is 14.6 Å². The van der Waals surface area contributed by atoms with E-state index in [9.17, 15) is 13.2 Å². The Bertz CT molecular complexity index is 1370. The number of nitrogens with zero attached hydrogens (tertiary/aromatic N) is 3. The van der Waals surface area contributed by atoms with Crippen LogP contribution in [0.25, 0.3) is 6.08 Å². The lowest BCUT2D eigenvalue weighted by molar-refractivity contribution is -0.114. The normalized spacial score (nSPS) is 16.5. The number of hydrogen-bond acceptors (Lipinski definition) is 9. The molecule has 0 atom stereocenters. The summed E-state index contributed by atoms with van der Waals surface area (Å²) in [6.45, 7) is 2.41. The Morgan fingerprint density at radius 1 is 1.08 bits per heavy atom. The third-order valence-corrected chi connectivity index (χ3v) is 8.23. The quantitative estimate of drug-likeness (QED) is 0.386. The monoisotopic (exact) mass is 528 g/mol. The zero-order chi connectivity index (χ0) is 25.7. The maximum absolute atomic E-state index is 12.6. The highest BCUT2D eigenvalue weighted by atomic mass is 32.3. The number of hydrazone groups is 1. The first-order valence-corrected chi connectivity index (χ1v) is 13.5. The van der Waals surface area contributed by atoms with E-state index in [1.165, 1.54) is 20.1 Å². The molecule has 4 rings (SSSR count). The second-order valence-corrected chi connectivity index (χ2v) is 11.0. The largest absolute Gasteiger partial charge is 0.493 e. The number of sulfone groups is 1. The molecule has 0 fully saturated rings. The van der Waals surface area contributed by atoms with Gasteiger partial charge in [-0.2, -0.15) is 10.0 Å². The maximum Gasteiger partial charge on any atom is 0.283 e. The molecule has 0 unspecified atom stereocenters. The number of benzene rings is 2. The van der Waals surface area contributed by atoms with Crippen LogP contribution in [0, 0.1) is 5.41 Å². The molecule has 2 heterocycles. The predicted octanol–water partition coefficient (Wildman–Crippen LogP) is 3.55. The minimum atomic E-state index is -3.59. The van der Waals surface area contributed by atoms with Gasteiger partial charge in [-0.3, -0.25) is 10.2 Å². The molecular weight excluding hydrogens is 504 g/mol. The number of carbonyl (C=O) groups is 1. The molecule has 2 aliphatic heterocycles. The first-order valence-electron chi connectivity index (χ1n) is 11.0. The van der Waals surface area contributed by atoms with Crippen molar-refractivity contribution in [3.63, 3.8) is 0 Å². The van der Waals surface area contributed by atoms with Gasteiger partial charge in [0.2, 0.25) is 19.4 Å². The van der Waals surface area contributed by atoms with Crippen molar-refractivity contribution in [1.29, 1.82) is 5.41 Å². The number of thioether (sulfide) groups is 1. The SMILES string of the molecule is CCS(=O)(=O)C1=NN2C(=N)/C(=C/c3ccc(OCCCOc4ccccc4)c(OC)c3)C(=O)N=C2S1. The van der Waals surface area contributed by atoms with Crippen molar-refractivity contribution in [3.8, 4) is 17.2 Å². The molecule has 0 saturated carbocycles. The Hall–Kier alpha value is -3.64. The molecule has 2 aromatic rings. The van der Waals surface area contributed by atoms with Gasteiger partial charge in [0.1, 0.15) is 5.75 Å². The van der Waals surface area contributed by atoms with E-state index in [1.807, 2.05) is 30.3 Å². The summed E-state index contributed by atoms with van der Waals surface area (Å²) in [4.78, 5) is 16.5. The maximum atomic E-state index is 12.6. The van der Waals surface area contributed by atoms with E-state index in [2.05, 4.69) is 10.1 Å². The van der Waals surface area contributed by atoms with Crippen LogP contribution in [0.15, 0.2) is 64.2 Å². The van der Waals surface area contributed by atoms with Crippen LogP contribution in [0.5, 0.6) is 17.2 Å². The molecule has 0 saturated heterocycles. The Morgan fingerprint density at radius 3 is 2.56 bits per heavy atom. The average Bonchev–Trinajstić information content (AvgIpc) is 3.32. The van der Waals surface area contributed by atoms with E-state index in [4.69, 9.17) is 19.6 Å². The molecule has 36 heavy (non-hydrogen) atoms. The topological polar surface area (TPSA) is 131 Å². The van der Waals surface area contributed by atoms with Crippen LogP contribution in [0.1, 0.15) is 18.9 Å². The van der Waals surface area contributed by atoms with Crippen molar-refractivity contribution in [2.45, 2.75) is 13.3 Å². The Morgan fingerprint density at radius 2 is 1.83 bits per heavy atom. The smallest absolute Gasteiger partial charge is 0.283 e. The van der Waals surface area contributed by atoms with E-state index in [1.54, 1.807) is 18.2 Å². The van der Waals surface area contributed by atoms with Gasteiger partial charge in [-0.05, 0) is 47.7 Å². The number of amidine groups is 2. The molecule has 0 bridgehead atoms. The van der Waals surface area contributed by atoms with Crippen LogP contribution < -0.4 is 14.2 Å². The van der Waals surface area contributed by atoms with Gasteiger partial charge < -0.3 is 14.2 Å². The van der Waals surface area contributed by atoms with Crippen molar-refractivity contribution in [3.05, 3.63) is 59.7 Å². The molecule has 10 nitrogen and oxygen atoms in total. The predicted molar refractivity (Wildman–Crippen MR) is 140 cm³/mol. The number of methoxy groups -OCH3 is 1. The highest BCUT2D eigenvalue weighted by molar-refractivity contribution is 8.42. The number of fused-ring (bicyclic) bond motifs is 1. The summed E-state index contributed by atoms with van der Waals surface area (Å²) >= 11 is 0.763. The first-order chi connectivity index (χ1) is 17.3. The molecule has 188 valence electrons. The fourth-order valence-electron chi connectivity index (χ4n) is 3.23. The van der Waals surface area contributed by atoms with Crippen LogP contribution in [0.3, 0.4) is 0 Å². The molecule has 2 aromatic carbocycles. The standard InChI is InChI=1S/C24H24N4O6S2/c1-3-36(30,31)24-27-28-21(25)18(22(29)26-23(28)35-24)14-16-10-11-19(20(15-16)32-2)34-13-7-12-33-17-8-5-4-6-9-17/h4-6,8-11,14-15,25H,3,7,12-13H2,1-2H3/b18-14-,25-21?. The van der Waals surface area contributed by atoms with E-state index in [-0.39, 0.29) is 26.7 Å². The van der Waals surface area contributed by atoms with E-state index >= 15 is 0 Å². The van der Waals surface area contributed by atoms with Crippen LogP contribution in [0.2, 0.25) is 0 Å². The van der Waals surface area contributed by atoms with Crippen LogP contribution in [0.4, 0.5) is 0 Å². The van der Waals surface area contributed by atoms with Gasteiger partial charge in [0.15, 0.2) is 17.3 Å². The summed E-state index contributed by atoms with van der Waals surface area (Å²) in [7, 11) is -2.08. The summed E-state index contributed by atoms with van der Waals surface area (Å²) < 4.78 is 41.0. The fourth-order valence-corrected chi connectivity index (χ4v) is 5.40. The molecule has 1 N–H and O–H groups in total. The molecular formula is C24H24N4O6S2. The van der Waals surface area contributed by atoms with Crippen molar-refractivity contribution in [2.75, 3.05) is 26.1 Å². The fraction of sp³-hybridized carbons (Fsp3) is 0.250. The lowest BCUT2D eigenvalue weighted by atomic mass is 10.1. The minimum absolute atomic E-state index is 0.0213. The van der Waals surface area contributed by atoms with Crippen molar-refractivity contribution >= 4 is 49.0 Å². The molecule has 0 radical (unpaired) electrons. The van der Waals surface area contributed by atoms with E-state index in [0.717, 1.165) is 22.5 Å². The lowest BCUT2D eigenvalue weighted by Crippen LogP contribution is -2.35. The average molecular weight is 529 g/mol. The summed E-state index contributed by atoms with van der Waals surface area (Å²) in [5.74, 6) is 0.739. The number of aliphatic imine (C=N–C) groups is 1. The van der Waals surface area contributed by atoms with E-state index < -0.39 is 15.7 Å². The van der Waals surface area contributed by atoms with Crippen molar-refractivity contribution < 1.29 is 27.4 Å². The number of nitrogens with one attached hydrogen (secondary N) is 1. The second kappa shape index (κ2) is 11.0. The van der Waals surface area contributed by atoms with Crippen molar-refractivity contribution in [1.82, 2.24) is 5.01 Å². The van der Waals surface area contributed by atoms with Gasteiger partial charge in [-0.25, -0.2) is 8.42 Å². The molecule has 0 aromatic heterocycles. The zero-order valence-corrected chi connectivity index (χ0v) is 21.3. The number of carbonyl (C=O) groups excluding carboxylic acids is 1. The number of para-hydroxylation sites is 1. The molecule has 0 aliphatic carbocycles. The number of rotatable bonds is 9. The van der Waals surface area contributed by atoms with E-state index in [0.29, 0.717) is 36.7 Å². The Balaban J connectivity index is 1.43. The van der Waals surface area contributed by atoms with Crippen molar-refractivity contribution in [2.24, 2.45) is 10.1 Å². The van der Waals surface area contributed by atoms with Gasteiger partial charge in [0.05, 0.1) is 31.6 Å². The van der Waals surface area contributed by atoms with Gasteiger partial charge in [-0.15, -0.1) is 5.10 Å². The van der Waals surface area contributed by atoms with Crippen LogP contribution in [-0.4, -0.2) is 60.8 Å². The Kier molecular flexibility index (Phi) is 7.75. The summed E-state index contributed by atoms with van der Waals surface area (Å²) in [6, 6.07) is 14.6. The summed E-state index contributed by atoms with van der Waals surface area (Å²) in [5.41, 5.74) is 0.558. The second-order valence-electron chi connectivity index (χ2n) is 7.56. The number of ether oxygens (including phenoxy) is 3. The molecule has 2 aliphatic rings. The summed E-state index contributed by atoms with van der Waals surface area (Å²) in [5, 5.41) is 13.5. The molecule has 1 amide bonds. The van der Waals surface area contributed by atoms with Crippen LogP contribution >= 0.6 is 11.8 Å². The molecule has 0 spiro atoms. The highest BCUT2D eigenvalue weighted by Gasteiger charge is 2.39. The minimum Gasteiger partial charge on any atom is -0.493 e. The van der Waals surface area contributed by atoms with Gasteiger partial charge in [0.25, 0.3) is 5.91 Å². The summed E-state index contributed by atoms with van der Waals surface area (Å²) in [6.07, 6.45) is 2.15. The van der Waals surface area contributed by atoms with Gasteiger partial charge in [-0.1, -0.05) is 31.2 Å². The highest BCUT2D eigenvalue weighted by Crippen LogP contribution is 2.32. The zero-order valence-electron chi connectivity index (χ0n) is 19.6. The molecule has 12 heteroatoms. The van der Waals surface area contributed by atoms with Gasteiger partial charge in [0, 0.05) is 6.42 Å². The Labute approximate surface area is 213 Å². The number of amides is 1. The third kappa shape index (κ3) is 5.60. The van der Waals surface area contributed by atoms with Gasteiger partial charge >= 0.3 is 0 Å². The third-order valence-electron chi connectivity index (χ3n) is 5.14. The first kappa shape index (κ1) is 25.5.